The van der Waals surface area contributed by atoms with Crippen LogP contribution in [0.5, 0.6) is 5.75 Å². The fourth-order valence-electron chi connectivity index (χ4n) is 3.60. The van der Waals surface area contributed by atoms with Gasteiger partial charge >= 0.3 is 0 Å². The van der Waals surface area contributed by atoms with E-state index in [0.29, 0.717) is 6.20 Å². The molecule has 168 valence electrons. The van der Waals surface area contributed by atoms with Crippen LogP contribution in [-0.2, 0) is 6.54 Å². The Morgan fingerprint density at radius 1 is 1.28 bits per heavy atom. The highest BCUT2D eigenvalue weighted by Crippen LogP contribution is 2.26. The number of rotatable bonds is 3. The van der Waals surface area contributed by atoms with Gasteiger partial charge in [0, 0.05) is 12.2 Å². The zero-order valence-electron chi connectivity index (χ0n) is 17.0. The Hall–Kier alpha value is -3.47. The third-order valence-corrected chi connectivity index (χ3v) is 5.83. The Morgan fingerprint density at radius 3 is 2.69 bits per heavy atom. The van der Waals surface area contributed by atoms with Crippen molar-refractivity contribution in [2.24, 2.45) is 0 Å². The van der Waals surface area contributed by atoms with Crippen molar-refractivity contribution in [1.29, 1.82) is 0 Å². The van der Waals surface area contributed by atoms with Crippen molar-refractivity contribution in [3.63, 3.8) is 0 Å². The van der Waals surface area contributed by atoms with Crippen molar-refractivity contribution in [1.82, 2.24) is 19.9 Å². The van der Waals surface area contributed by atoms with E-state index in [4.69, 9.17) is 11.6 Å². The van der Waals surface area contributed by atoms with E-state index in [1.165, 1.54) is 9.58 Å². The molecule has 0 aromatic carbocycles. The lowest BCUT2D eigenvalue weighted by atomic mass is 10.1. The molecule has 2 aromatic rings. The summed E-state index contributed by atoms with van der Waals surface area (Å²) in [6, 6.07) is -0.474. The molecule has 32 heavy (non-hydrogen) atoms. The summed E-state index contributed by atoms with van der Waals surface area (Å²) >= 11 is 5.50. The Labute approximate surface area is 185 Å². The molecule has 2 aromatic heterocycles. The number of carbonyl (C=O) groups is 2. The minimum Gasteiger partial charge on any atom is -0.502 e. The molecule has 0 saturated heterocycles. The number of nitrogens with one attached hydrogen (secondary N) is 1. The zero-order chi connectivity index (χ0) is 23.3. The summed E-state index contributed by atoms with van der Waals surface area (Å²) in [5.74, 6) is -4.55. The van der Waals surface area contributed by atoms with Gasteiger partial charge in [0.25, 0.3) is 11.8 Å². The third kappa shape index (κ3) is 3.38. The molecule has 2 atom stereocenters. The van der Waals surface area contributed by atoms with Gasteiger partial charge < -0.3 is 15.3 Å². The lowest BCUT2D eigenvalue weighted by Crippen LogP contribution is -2.57. The van der Waals surface area contributed by atoms with Gasteiger partial charge in [-0.2, -0.15) is 0 Å². The van der Waals surface area contributed by atoms with E-state index in [1.807, 2.05) is 26.0 Å². The first-order valence-electron chi connectivity index (χ1n) is 9.63. The summed E-state index contributed by atoms with van der Waals surface area (Å²) in [6.07, 6.45) is 5.57. The van der Waals surface area contributed by atoms with E-state index < -0.39 is 51.8 Å². The molecule has 0 fully saturated rings. The molecule has 9 nitrogen and oxygen atoms in total. The Bertz CT molecular complexity index is 1230. The first-order chi connectivity index (χ1) is 15.1. The number of halogens is 3. The Balaban J connectivity index is 1.70. The first kappa shape index (κ1) is 21.8. The van der Waals surface area contributed by atoms with Crippen LogP contribution >= 0.6 is 11.6 Å². The van der Waals surface area contributed by atoms with Crippen molar-refractivity contribution in [3.05, 3.63) is 68.4 Å². The molecule has 0 aliphatic carbocycles. The van der Waals surface area contributed by atoms with Gasteiger partial charge in [0.2, 0.25) is 5.43 Å². The quantitative estimate of drug-likeness (QED) is 0.665. The molecule has 2 amide bonds. The number of aromatic hydroxyl groups is 1. The maximum Gasteiger partial charge on any atom is 0.278 e. The van der Waals surface area contributed by atoms with Gasteiger partial charge in [-0.05, 0) is 13.8 Å². The van der Waals surface area contributed by atoms with Gasteiger partial charge in [0.1, 0.15) is 17.3 Å². The topological polar surface area (TPSA) is 108 Å². The summed E-state index contributed by atoms with van der Waals surface area (Å²) in [5.41, 5.74) is -2.10. The average Bonchev–Trinajstić information content (AvgIpc) is 2.89. The monoisotopic (exact) mass is 465 g/mol. The van der Waals surface area contributed by atoms with Gasteiger partial charge in [-0.1, -0.05) is 23.8 Å². The second-order valence-corrected chi connectivity index (χ2v) is 7.88. The first-order valence-corrected chi connectivity index (χ1v) is 10.0. The van der Waals surface area contributed by atoms with Gasteiger partial charge in [-0.25, -0.2) is 8.78 Å². The van der Waals surface area contributed by atoms with Gasteiger partial charge in [-0.15, -0.1) is 0 Å². The normalized spacial score (nSPS) is 19.6. The number of amides is 2. The molecule has 2 aliphatic heterocycles. The summed E-state index contributed by atoms with van der Waals surface area (Å²) < 4.78 is 28.6. The second kappa shape index (κ2) is 7.90. The molecule has 4 heterocycles. The summed E-state index contributed by atoms with van der Waals surface area (Å²) in [5, 5.41) is 13.8. The van der Waals surface area contributed by atoms with Crippen molar-refractivity contribution in [2.45, 2.75) is 32.5 Å². The number of hydrogen-bond donors (Lipinski definition) is 2. The zero-order valence-corrected chi connectivity index (χ0v) is 17.7. The van der Waals surface area contributed by atoms with Crippen molar-refractivity contribution < 1.29 is 23.5 Å². The SMILES string of the molecule is CC1C=CC(C)N2CN1C(=O)c1c(O)c(=O)c(C(=O)NCc3ncc(F)c(Cl)c3F)cn12. The van der Waals surface area contributed by atoms with E-state index in [0.717, 1.165) is 6.20 Å². The van der Waals surface area contributed by atoms with Crippen LogP contribution in [0.2, 0.25) is 5.02 Å². The Kier molecular flexibility index (Phi) is 5.37. The molecule has 2 aliphatic rings. The molecular formula is C20H18ClF2N5O4. The minimum absolute atomic E-state index is 0.174. The molecule has 0 radical (unpaired) electrons. The van der Waals surface area contributed by atoms with Crippen molar-refractivity contribution >= 4 is 23.4 Å². The predicted molar refractivity (Wildman–Crippen MR) is 110 cm³/mol. The molecule has 4 rings (SSSR count). The van der Waals surface area contributed by atoms with Gasteiger partial charge in [0.05, 0.1) is 24.5 Å². The largest absolute Gasteiger partial charge is 0.502 e. The molecule has 2 N–H and O–H groups in total. The number of carbonyl (C=O) groups excluding carboxylic acids is 2. The van der Waals surface area contributed by atoms with Crippen LogP contribution in [0.1, 0.15) is 40.4 Å². The molecule has 0 saturated carbocycles. The highest BCUT2D eigenvalue weighted by atomic mass is 35.5. The minimum atomic E-state index is -1.14. The van der Waals surface area contributed by atoms with Crippen LogP contribution in [0.4, 0.5) is 8.78 Å². The van der Waals surface area contributed by atoms with Crippen LogP contribution in [-0.4, -0.2) is 50.2 Å². The van der Waals surface area contributed by atoms with Crippen LogP contribution in [0.15, 0.2) is 29.3 Å². The van der Waals surface area contributed by atoms with E-state index in [2.05, 4.69) is 10.3 Å². The van der Waals surface area contributed by atoms with Crippen LogP contribution < -0.4 is 15.8 Å². The maximum absolute atomic E-state index is 14.0. The highest BCUT2D eigenvalue weighted by molar-refractivity contribution is 6.30. The van der Waals surface area contributed by atoms with Gasteiger partial charge in [-0.3, -0.25) is 29.1 Å². The van der Waals surface area contributed by atoms with E-state index in [-0.39, 0.29) is 30.1 Å². The molecule has 2 unspecified atom stereocenters. The van der Waals surface area contributed by atoms with E-state index in [1.54, 1.807) is 5.01 Å². The summed E-state index contributed by atoms with van der Waals surface area (Å²) in [7, 11) is 0. The lowest BCUT2D eigenvalue weighted by Gasteiger charge is -2.41. The fraction of sp³-hybridized carbons (Fsp3) is 0.300. The molecular weight excluding hydrogens is 448 g/mol. The Morgan fingerprint density at radius 2 is 1.97 bits per heavy atom. The fourth-order valence-corrected chi connectivity index (χ4v) is 3.76. The standard InChI is InChI=1S/C20H18ClF2N5O4/c1-9-3-4-10(2)28-8-26(9)20(32)16-18(30)17(29)11(7-27(16)28)19(31)25-6-13-15(23)14(21)12(22)5-24-13/h3-5,7,9-10,30H,6,8H2,1-2H3,(H,25,31). The summed E-state index contributed by atoms with van der Waals surface area (Å²) in [4.78, 5) is 43.3. The number of aromatic nitrogens is 2. The average molecular weight is 466 g/mol. The number of hydrogen-bond acceptors (Lipinski definition) is 6. The number of nitrogens with zero attached hydrogens (tertiary/aromatic N) is 4. The molecule has 2 bridgehead atoms. The number of fused-ring (bicyclic) bond motifs is 4. The highest BCUT2D eigenvalue weighted by Gasteiger charge is 2.38. The molecule has 0 spiro atoms. The van der Waals surface area contributed by atoms with E-state index in [9.17, 15) is 28.3 Å². The van der Waals surface area contributed by atoms with Crippen molar-refractivity contribution in [2.75, 3.05) is 11.7 Å². The van der Waals surface area contributed by atoms with Crippen LogP contribution in [0, 0.1) is 11.6 Å². The summed E-state index contributed by atoms with van der Waals surface area (Å²) in [6.45, 7) is 3.35. The number of pyridine rings is 2. The maximum atomic E-state index is 14.0. The predicted octanol–water partition coefficient (Wildman–Crippen LogP) is 1.51. The van der Waals surface area contributed by atoms with E-state index >= 15 is 0 Å². The van der Waals surface area contributed by atoms with Gasteiger partial charge in [0.15, 0.2) is 23.1 Å². The second-order valence-electron chi connectivity index (χ2n) is 7.50. The van der Waals surface area contributed by atoms with Crippen LogP contribution in [0.3, 0.4) is 0 Å². The van der Waals surface area contributed by atoms with Crippen LogP contribution in [0.25, 0.3) is 0 Å². The third-order valence-electron chi connectivity index (χ3n) is 5.48. The smallest absolute Gasteiger partial charge is 0.278 e. The van der Waals surface area contributed by atoms with Crippen molar-refractivity contribution in [3.8, 4) is 5.75 Å². The lowest BCUT2D eigenvalue weighted by molar-refractivity contribution is 0.0652. The molecule has 12 heteroatoms.